The Morgan fingerprint density at radius 3 is 3.03 bits per heavy atom. The standard InChI is InChI=1S/C24H19FN4O/c25-21-11-17(9-16-7-4-8-26-22(16)21)20-14-28-23-19(20)10-18(13-27-23)24(30)29-12-15-5-2-1-3-6-15/h1-5,7-11,13-15H,6,12H2,(H,27,28)(H,29,30). The van der Waals surface area contributed by atoms with Crippen LogP contribution in [0.15, 0.2) is 73.2 Å². The minimum absolute atomic E-state index is 0.173. The third-order valence-electron chi connectivity index (χ3n) is 5.36. The predicted octanol–water partition coefficient (Wildman–Crippen LogP) is 4.78. The number of H-pyrrole nitrogens is 1. The van der Waals surface area contributed by atoms with Gasteiger partial charge < -0.3 is 10.3 Å². The number of rotatable bonds is 4. The fraction of sp³-hybridized carbons (Fsp3) is 0.125. The molecule has 148 valence electrons. The first-order chi connectivity index (χ1) is 14.7. The number of pyridine rings is 2. The normalized spacial score (nSPS) is 15.7. The zero-order chi connectivity index (χ0) is 20.5. The summed E-state index contributed by atoms with van der Waals surface area (Å²) in [7, 11) is 0. The van der Waals surface area contributed by atoms with Gasteiger partial charge >= 0.3 is 0 Å². The molecule has 5 nitrogen and oxygen atoms in total. The second-order valence-corrected chi connectivity index (χ2v) is 7.37. The molecule has 5 rings (SSSR count). The van der Waals surface area contributed by atoms with Gasteiger partial charge in [0.15, 0.2) is 0 Å². The van der Waals surface area contributed by atoms with Crippen LogP contribution in [-0.4, -0.2) is 27.4 Å². The van der Waals surface area contributed by atoms with Crippen LogP contribution in [0.5, 0.6) is 0 Å². The first-order valence-corrected chi connectivity index (χ1v) is 9.82. The molecule has 1 atom stereocenters. The van der Waals surface area contributed by atoms with Crippen molar-refractivity contribution in [3.8, 4) is 11.1 Å². The number of nitrogens with zero attached hydrogens (tertiary/aromatic N) is 2. The smallest absolute Gasteiger partial charge is 0.252 e. The van der Waals surface area contributed by atoms with E-state index in [4.69, 9.17) is 0 Å². The number of aromatic amines is 1. The summed E-state index contributed by atoms with van der Waals surface area (Å²) in [4.78, 5) is 24.2. The molecule has 0 saturated heterocycles. The molecule has 0 radical (unpaired) electrons. The van der Waals surface area contributed by atoms with E-state index in [1.54, 1.807) is 30.7 Å². The second kappa shape index (κ2) is 7.55. The van der Waals surface area contributed by atoms with E-state index in [0.29, 0.717) is 34.8 Å². The van der Waals surface area contributed by atoms with Gasteiger partial charge in [0.1, 0.15) is 17.0 Å². The summed E-state index contributed by atoms with van der Waals surface area (Å²) < 4.78 is 14.6. The SMILES string of the molecule is O=C(NCC1C=CC=CC1)c1cnc2[nH]cc(-c3cc(F)c4ncccc4c3)c2c1. The Hall–Kier alpha value is -3.80. The lowest BCUT2D eigenvalue weighted by molar-refractivity contribution is 0.0949. The summed E-state index contributed by atoms with van der Waals surface area (Å²) in [6.45, 7) is 0.570. The van der Waals surface area contributed by atoms with Crippen molar-refractivity contribution in [3.63, 3.8) is 0 Å². The van der Waals surface area contributed by atoms with Gasteiger partial charge in [-0.25, -0.2) is 9.37 Å². The van der Waals surface area contributed by atoms with E-state index >= 15 is 0 Å². The number of benzene rings is 1. The zero-order valence-electron chi connectivity index (χ0n) is 16.1. The van der Waals surface area contributed by atoms with Crippen LogP contribution in [0, 0.1) is 11.7 Å². The van der Waals surface area contributed by atoms with E-state index in [9.17, 15) is 9.18 Å². The Morgan fingerprint density at radius 1 is 1.23 bits per heavy atom. The lowest BCUT2D eigenvalue weighted by Gasteiger charge is -2.13. The first kappa shape index (κ1) is 18.2. The average Bonchev–Trinajstić information content (AvgIpc) is 3.21. The van der Waals surface area contributed by atoms with Crippen molar-refractivity contribution in [2.45, 2.75) is 6.42 Å². The van der Waals surface area contributed by atoms with Gasteiger partial charge in [-0.15, -0.1) is 0 Å². The molecule has 1 aromatic carbocycles. The van der Waals surface area contributed by atoms with Crippen molar-refractivity contribution in [1.29, 1.82) is 0 Å². The summed E-state index contributed by atoms with van der Waals surface area (Å²) >= 11 is 0. The number of hydrogen-bond acceptors (Lipinski definition) is 3. The molecule has 30 heavy (non-hydrogen) atoms. The Kier molecular flexibility index (Phi) is 4.59. The van der Waals surface area contributed by atoms with Gasteiger partial charge in [-0.05, 0) is 42.2 Å². The minimum atomic E-state index is -0.381. The van der Waals surface area contributed by atoms with Crippen molar-refractivity contribution in [1.82, 2.24) is 20.3 Å². The number of carbonyl (C=O) groups is 1. The van der Waals surface area contributed by atoms with E-state index in [1.165, 1.54) is 6.07 Å². The van der Waals surface area contributed by atoms with Gasteiger partial charge in [0.2, 0.25) is 0 Å². The van der Waals surface area contributed by atoms with Crippen molar-refractivity contribution in [2.75, 3.05) is 6.54 Å². The fourth-order valence-electron chi connectivity index (χ4n) is 3.78. The van der Waals surface area contributed by atoms with E-state index < -0.39 is 0 Å². The van der Waals surface area contributed by atoms with Crippen LogP contribution in [0.1, 0.15) is 16.8 Å². The van der Waals surface area contributed by atoms with Crippen molar-refractivity contribution in [3.05, 3.63) is 84.6 Å². The van der Waals surface area contributed by atoms with E-state index in [1.807, 2.05) is 24.3 Å². The third kappa shape index (κ3) is 3.37. The van der Waals surface area contributed by atoms with Crippen molar-refractivity contribution < 1.29 is 9.18 Å². The molecule has 6 heteroatoms. The lowest BCUT2D eigenvalue weighted by atomic mass is 10.0. The topological polar surface area (TPSA) is 70.7 Å². The molecule has 0 spiro atoms. The molecular formula is C24H19FN4O. The van der Waals surface area contributed by atoms with Crippen molar-refractivity contribution in [2.24, 2.45) is 5.92 Å². The molecule has 2 N–H and O–H groups in total. The van der Waals surface area contributed by atoms with Gasteiger partial charge in [0.25, 0.3) is 5.91 Å². The average molecular weight is 398 g/mol. The number of fused-ring (bicyclic) bond motifs is 2. The molecule has 0 bridgehead atoms. The Labute approximate surface area is 172 Å². The molecule has 1 aliphatic rings. The van der Waals surface area contributed by atoms with Crippen LogP contribution in [0.4, 0.5) is 4.39 Å². The Morgan fingerprint density at radius 2 is 2.17 bits per heavy atom. The monoisotopic (exact) mass is 398 g/mol. The summed E-state index contributed by atoms with van der Waals surface area (Å²) in [6, 6.07) is 8.76. The molecule has 3 aromatic heterocycles. The van der Waals surface area contributed by atoms with E-state index in [0.717, 1.165) is 22.8 Å². The second-order valence-electron chi connectivity index (χ2n) is 7.37. The van der Waals surface area contributed by atoms with Crippen LogP contribution in [0.2, 0.25) is 0 Å². The van der Waals surface area contributed by atoms with Crippen molar-refractivity contribution >= 4 is 27.8 Å². The molecule has 1 amide bonds. The highest BCUT2D eigenvalue weighted by Gasteiger charge is 2.15. The number of nitrogens with one attached hydrogen (secondary N) is 2. The number of halogens is 1. The maximum atomic E-state index is 14.6. The molecule has 3 heterocycles. The molecule has 1 aliphatic carbocycles. The molecule has 0 fully saturated rings. The van der Waals surface area contributed by atoms with Gasteiger partial charge in [0, 0.05) is 41.5 Å². The molecule has 0 saturated carbocycles. The van der Waals surface area contributed by atoms with Gasteiger partial charge in [0.05, 0.1) is 5.56 Å². The Balaban J connectivity index is 1.47. The number of hydrogen-bond donors (Lipinski definition) is 2. The number of allylic oxidation sites excluding steroid dienone is 3. The van der Waals surface area contributed by atoms with Crippen LogP contribution in [-0.2, 0) is 0 Å². The highest BCUT2D eigenvalue weighted by Crippen LogP contribution is 2.31. The fourth-order valence-corrected chi connectivity index (χ4v) is 3.78. The molecule has 1 unspecified atom stereocenters. The van der Waals surface area contributed by atoms with Crippen LogP contribution in [0.3, 0.4) is 0 Å². The quantitative estimate of drug-likeness (QED) is 0.520. The lowest BCUT2D eigenvalue weighted by Crippen LogP contribution is -2.28. The Bertz CT molecular complexity index is 1320. The van der Waals surface area contributed by atoms with Gasteiger partial charge in [-0.2, -0.15) is 0 Å². The number of amides is 1. The maximum absolute atomic E-state index is 14.6. The van der Waals surface area contributed by atoms with Gasteiger partial charge in [-0.1, -0.05) is 30.4 Å². The van der Waals surface area contributed by atoms with Crippen LogP contribution < -0.4 is 5.32 Å². The van der Waals surface area contributed by atoms with Crippen LogP contribution >= 0.6 is 0 Å². The molecule has 4 aromatic rings. The molecular weight excluding hydrogens is 379 g/mol. The highest BCUT2D eigenvalue weighted by molar-refractivity contribution is 6.02. The largest absolute Gasteiger partial charge is 0.351 e. The first-order valence-electron chi connectivity index (χ1n) is 9.82. The predicted molar refractivity (Wildman–Crippen MR) is 116 cm³/mol. The van der Waals surface area contributed by atoms with Crippen LogP contribution in [0.25, 0.3) is 33.1 Å². The number of aromatic nitrogens is 3. The summed E-state index contributed by atoms with van der Waals surface area (Å²) in [5.41, 5.74) is 2.95. The third-order valence-corrected chi connectivity index (χ3v) is 5.36. The minimum Gasteiger partial charge on any atom is -0.351 e. The number of carbonyl (C=O) groups excluding carboxylic acids is 1. The summed E-state index contributed by atoms with van der Waals surface area (Å²) in [6.07, 6.45) is 14.0. The maximum Gasteiger partial charge on any atom is 0.252 e. The molecule has 0 aliphatic heterocycles. The summed E-state index contributed by atoms with van der Waals surface area (Å²) in [5, 5.41) is 4.47. The zero-order valence-corrected chi connectivity index (χ0v) is 16.1. The summed E-state index contributed by atoms with van der Waals surface area (Å²) in [5.74, 6) is -0.255. The van der Waals surface area contributed by atoms with E-state index in [2.05, 4.69) is 32.4 Å². The van der Waals surface area contributed by atoms with E-state index in [-0.39, 0.29) is 11.7 Å². The van der Waals surface area contributed by atoms with Gasteiger partial charge in [-0.3, -0.25) is 9.78 Å². The highest BCUT2D eigenvalue weighted by atomic mass is 19.1.